The van der Waals surface area contributed by atoms with E-state index in [9.17, 15) is 9.59 Å². The minimum absolute atomic E-state index is 0. The van der Waals surface area contributed by atoms with Crippen LogP contribution in [0.15, 0.2) is 59.1 Å². The Kier molecular flexibility index (Phi) is 8.42. The van der Waals surface area contributed by atoms with E-state index in [1.807, 2.05) is 31.2 Å². The first kappa shape index (κ1) is 28.2. The fraction of sp³-hybridized carbons (Fsp3) is 0.310. The summed E-state index contributed by atoms with van der Waals surface area (Å²) in [6.07, 6.45) is 1.15. The van der Waals surface area contributed by atoms with E-state index in [1.165, 1.54) is 4.90 Å². The number of nitrogens with one attached hydrogen (secondary N) is 1. The zero-order valence-corrected chi connectivity index (χ0v) is 23.4. The highest BCUT2D eigenvalue weighted by atomic mass is 16.6. The van der Waals surface area contributed by atoms with Gasteiger partial charge in [-0.15, -0.1) is 10.2 Å². The molecule has 1 N–H and O–H groups in total. The second kappa shape index (κ2) is 11.9. The molecule has 11 nitrogen and oxygen atoms in total. The lowest BCUT2D eigenvalue weighted by atomic mass is 10.1. The maximum atomic E-state index is 12.2. The molecule has 0 atom stereocenters. The topological polar surface area (TPSA) is 133 Å². The largest absolute Gasteiger partial charge is 0.491 e. The van der Waals surface area contributed by atoms with E-state index in [2.05, 4.69) is 20.5 Å². The molecule has 0 saturated heterocycles. The summed E-state index contributed by atoms with van der Waals surface area (Å²) in [5, 5.41) is 11.1. The normalized spacial score (nSPS) is 11.2. The third-order valence-electron chi connectivity index (χ3n) is 5.56. The first-order valence-electron chi connectivity index (χ1n) is 12.7. The fourth-order valence-electron chi connectivity index (χ4n) is 3.66. The number of aryl methyl sites for hydroxylation is 1. The number of benzene rings is 2. The van der Waals surface area contributed by atoms with Gasteiger partial charge in [-0.25, -0.2) is 9.78 Å². The maximum absolute atomic E-state index is 12.2. The van der Waals surface area contributed by atoms with E-state index < -0.39 is 11.7 Å². The number of hydrogen-bond donors (Lipinski definition) is 1. The highest BCUT2D eigenvalue weighted by molar-refractivity contribution is 5.94. The van der Waals surface area contributed by atoms with Crippen molar-refractivity contribution < 1.29 is 24.9 Å². The molecule has 2 amide bonds. The van der Waals surface area contributed by atoms with Crippen molar-refractivity contribution in [2.75, 3.05) is 27.2 Å². The summed E-state index contributed by atoms with van der Waals surface area (Å²) in [4.78, 5) is 34.8. The Morgan fingerprint density at radius 2 is 1.73 bits per heavy atom. The summed E-state index contributed by atoms with van der Waals surface area (Å²) < 4.78 is 17.1. The molecular weight excluding hydrogens is 512 g/mol. The van der Waals surface area contributed by atoms with Crippen LogP contribution in [0.4, 0.5) is 4.79 Å². The van der Waals surface area contributed by atoms with Crippen molar-refractivity contribution in [3.05, 3.63) is 66.0 Å². The molecule has 0 fully saturated rings. The van der Waals surface area contributed by atoms with E-state index in [4.69, 9.17) is 18.9 Å². The molecule has 0 aliphatic rings. The second-order valence-corrected chi connectivity index (χ2v) is 10.2. The van der Waals surface area contributed by atoms with Crippen LogP contribution in [0.5, 0.6) is 5.75 Å². The number of ether oxygens (including phenoxy) is 2. The molecule has 40 heavy (non-hydrogen) atoms. The summed E-state index contributed by atoms with van der Waals surface area (Å²) in [5.74, 6) is 0.906. The first-order chi connectivity index (χ1) is 19.0. The lowest BCUT2D eigenvalue weighted by molar-refractivity contribution is 0.0520. The summed E-state index contributed by atoms with van der Waals surface area (Å²) in [6.45, 7) is 7.67. The minimum Gasteiger partial charge on any atom is -0.491 e. The molecule has 0 aliphatic carbocycles. The molecule has 11 heteroatoms. The molecule has 2 aromatic heterocycles. The quantitative estimate of drug-likeness (QED) is 0.302. The van der Waals surface area contributed by atoms with Gasteiger partial charge in [0, 0.05) is 26.6 Å². The Morgan fingerprint density at radius 1 is 1.02 bits per heavy atom. The van der Waals surface area contributed by atoms with Crippen LogP contribution < -0.4 is 10.1 Å². The molecule has 210 valence electrons. The Morgan fingerprint density at radius 3 is 2.42 bits per heavy atom. The van der Waals surface area contributed by atoms with E-state index in [-0.39, 0.29) is 32.3 Å². The van der Waals surface area contributed by atoms with Crippen molar-refractivity contribution in [2.24, 2.45) is 0 Å². The summed E-state index contributed by atoms with van der Waals surface area (Å²) in [6, 6.07) is 14.4. The van der Waals surface area contributed by atoms with Crippen LogP contribution in [0.3, 0.4) is 0 Å². The number of amides is 2. The van der Waals surface area contributed by atoms with Crippen molar-refractivity contribution in [1.29, 1.82) is 0 Å². The van der Waals surface area contributed by atoms with Crippen molar-refractivity contribution in [3.8, 4) is 40.0 Å². The monoisotopic (exact) mass is 546 g/mol. The van der Waals surface area contributed by atoms with Gasteiger partial charge in [-0.05, 0) is 52.0 Å². The molecule has 0 bridgehead atoms. The van der Waals surface area contributed by atoms with Crippen LogP contribution in [0.25, 0.3) is 34.3 Å². The van der Waals surface area contributed by atoms with E-state index in [0.29, 0.717) is 34.0 Å². The van der Waals surface area contributed by atoms with Crippen LogP contribution in [0.1, 0.15) is 38.2 Å². The zero-order valence-electron chi connectivity index (χ0n) is 23.4. The molecule has 2 heterocycles. The Balaban J connectivity index is 0.00000462. The maximum Gasteiger partial charge on any atom is 0.407 e. The van der Waals surface area contributed by atoms with Crippen LogP contribution in [-0.4, -0.2) is 69.9 Å². The van der Waals surface area contributed by atoms with Gasteiger partial charge in [-0.3, -0.25) is 9.78 Å². The number of hydrogen-bond acceptors (Lipinski definition) is 9. The van der Waals surface area contributed by atoms with Gasteiger partial charge in [0.25, 0.3) is 17.7 Å². The van der Waals surface area contributed by atoms with Gasteiger partial charge in [0.2, 0.25) is 0 Å². The van der Waals surface area contributed by atoms with Crippen molar-refractivity contribution >= 4 is 12.0 Å². The van der Waals surface area contributed by atoms with Gasteiger partial charge >= 0.3 is 6.09 Å². The van der Waals surface area contributed by atoms with Gasteiger partial charge < -0.3 is 24.1 Å². The molecule has 0 saturated carbocycles. The smallest absolute Gasteiger partial charge is 0.407 e. The van der Waals surface area contributed by atoms with Crippen LogP contribution in [-0.2, 0) is 4.74 Å². The van der Waals surface area contributed by atoms with Crippen molar-refractivity contribution in [2.45, 2.75) is 33.3 Å². The molecule has 0 unspecified atom stereocenters. The van der Waals surface area contributed by atoms with Crippen molar-refractivity contribution in [3.63, 3.8) is 0 Å². The minimum atomic E-state index is -0.577. The number of nitrogens with zero attached hydrogens (tertiary/aromatic N) is 5. The molecule has 0 aliphatic heterocycles. The highest BCUT2D eigenvalue weighted by Gasteiger charge is 2.19. The number of carbonyl (C=O) groups is 2. The first-order valence-corrected chi connectivity index (χ1v) is 12.7. The second-order valence-electron chi connectivity index (χ2n) is 10.2. The molecular formula is C29H34N6O5. The fourth-order valence-corrected chi connectivity index (χ4v) is 3.66. The number of alkyl carbamates (subject to hydrolysis) is 1. The average molecular weight is 547 g/mol. The standard InChI is InChI=1S/C29H32N6O5.H2/c1-18-24(32-22(17-31-18)19-11-13-20(14-12-19)27(36)35(5)6)26-34-33-25(39-26)21-9-7-8-10-23(21)38-16-15-30-28(37)40-29(2,3)4;/h7-14,17H,15-16H2,1-6H3,(H,30,37);1H. The Bertz CT molecular complexity index is 1500. The molecule has 2 aromatic carbocycles. The van der Waals surface area contributed by atoms with Gasteiger partial charge in [-0.2, -0.15) is 0 Å². The van der Waals surface area contributed by atoms with E-state index in [1.54, 1.807) is 65.3 Å². The number of carbonyl (C=O) groups excluding carboxylic acids is 2. The number of aromatic nitrogens is 4. The van der Waals surface area contributed by atoms with Crippen LogP contribution >= 0.6 is 0 Å². The molecule has 4 aromatic rings. The summed E-state index contributed by atoms with van der Waals surface area (Å²) in [5.41, 5.74) is 3.07. The lowest BCUT2D eigenvalue weighted by Crippen LogP contribution is -2.34. The molecule has 0 spiro atoms. The predicted octanol–water partition coefficient (Wildman–Crippen LogP) is 5.02. The SMILES string of the molecule is Cc1ncc(-c2ccc(C(=O)N(C)C)cc2)nc1-c1nnc(-c2ccccc2OCCNC(=O)OC(C)(C)C)o1.[HH]. The summed E-state index contributed by atoms with van der Waals surface area (Å²) >= 11 is 0. The number of para-hydroxylation sites is 1. The Hall–Kier alpha value is -4.80. The Labute approximate surface area is 234 Å². The third-order valence-corrected chi connectivity index (χ3v) is 5.56. The molecule has 4 rings (SSSR count). The van der Waals surface area contributed by atoms with Gasteiger partial charge in [0.15, 0.2) is 0 Å². The van der Waals surface area contributed by atoms with Crippen LogP contribution in [0.2, 0.25) is 0 Å². The van der Waals surface area contributed by atoms with Crippen molar-refractivity contribution in [1.82, 2.24) is 30.4 Å². The number of rotatable bonds is 8. The van der Waals surface area contributed by atoms with Gasteiger partial charge in [0.05, 0.1) is 29.7 Å². The van der Waals surface area contributed by atoms with Gasteiger partial charge in [0.1, 0.15) is 23.7 Å². The summed E-state index contributed by atoms with van der Waals surface area (Å²) in [7, 11) is 3.42. The van der Waals surface area contributed by atoms with E-state index in [0.717, 1.165) is 5.56 Å². The average Bonchev–Trinajstić information content (AvgIpc) is 3.40. The predicted molar refractivity (Wildman–Crippen MR) is 151 cm³/mol. The van der Waals surface area contributed by atoms with E-state index >= 15 is 0 Å². The third kappa shape index (κ3) is 6.99. The van der Waals surface area contributed by atoms with Crippen LogP contribution in [0, 0.1) is 6.92 Å². The lowest BCUT2D eigenvalue weighted by Gasteiger charge is -2.19. The van der Waals surface area contributed by atoms with Gasteiger partial charge in [-0.1, -0.05) is 24.3 Å². The zero-order chi connectivity index (χ0) is 28.9. The molecule has 0 radical (unpaired) electrons. The highest BCUT2D eigenvalue weighted by Crippen LogP contribution is 2.31.